The molecule has 0 atom stereocenters. The van der Waals surface area contributed by atoms with Crippen molar-refractivity contribution in [3.8, 4) is 0 Å². The molecule has 94 valence electrons. The molecule has 16 heavy (non-hydrogen) atoms. The molecule has 0 aliphatic heterocycles. The van der Waals surface area contributed by atoms with Gasteiger partial charge in [-0.1, -0.05) is 0 Å². The van der Waals surface area contributed by atoms with Gasteiger partial charge >= 0.3 is 5.97 Å². The van der Waals surface area contributed by atoms with Crippen molar-refractivity contribution in [2.24, 2.45) is 4.99 Å². The largest absolute Gasteiger partial charge is 0.469 e. The van der Waals surface area contributed by atoms with Crippen LogP contribution in [0.3, 0.4) is 0 Å². The summed E-state index contributed by atoms with van der Waals surface area (Å²) in [6, 6.07) is 0. The van der Waals surface area contributed by atoms with Gasteiger partial charge in [0, 0.05) is 33.7 Å². The normalized spacial score (nSPS) is 11.4. The SMILES string of the molecule is CCOCC(=NC)N(C)CCCC(=O)OC. The molecule has 0 aromatic rings. The molecule has 0 saturated carbocycles. The molecule has 0 fully saturated rings. The lowest BCUT2D eigenvalue weighted by Gasteiger charge is -2.20. The minimum absolute atomic E-state index is 0.173. The lowest BCUT2D eigenvalue weighted by molar-refractivity contribution is -0.140. The zero-order valence-corrected chi connectivity index (χ0v) is 10.7. The first-order chi connectivity index (χ1) is 7.65. The number of nitrogens with zero attached hydrogens (tertiary/aromatic N) is 2. The van der Waals surface area contributed by atoms with Gasteiger partial charge in [-0.05, 0) is 13.3 Å². The number of ether oxygens (including phenoxy) is 2. The van der Waals surface area contributed by atoms with Gasteiger partial charge in [-0.2, -0.15) is 0 Å². The Balaban J connectivity index is 3.84. The van der Waals surface area contributed by atoms with Gasteiger partial charge in [-0.3, -0.25) is 9.79 Å². The van der Waals surface area contributed by atoms with E-state index in [1.807, 2.05) is 18.9 Å². The fraction of sp³-hybridized carbons (Fsp3) is 0.818. The Morgan fingerprint density at radius 1 is 1.44 bits per heavy atom. The highest BCUT2D eigenvalue weighted by Crippen LogP contribution is 1.97. The summed E-state index contributed by atoms with van der Waals surface area (Å²) in [7, 11) is 5.09. The highest BCUT2D eigenvalue weighted by Gasteiger charge is 2.07. The van der Waals surface area contributed by atoms with E-state index in [1.165, 1.54) is 7.11 Å². The van der Waals surface area contributed by atoms with E-state index in [2.05, 4.69) is 9.73 Å². The maximum atomic E-state index is 10.9. The van der Waals surface area contributed by atoms with Crippen molar-refractivity contribution in [3.05, 3.63) is 0 Å². The fourth-order valence-electron chi connectivity index (χ4n) is 1.23. The van der Waals surface area contributed by atoms with Gasteiger partial charge in [0.1, 0.15) is 12.4 Å². The Morgan fingerprint density at radius 2 is 2.12 bits per heavy atom. The zero-order chi connectivity index (χ0) is 12.4. The third-order valence-corrected chi connectivity index (χ3v) is 2.24. The number of carbonyl (C=O) groups excluding carboxylic acids is 1. The highest BCUT2D eigenvalue weighted by atomic mass is 16.5. The quantitative estimate of drug-likeness (QED) is 0.371. The summed E-state index contributed by atoms with van der Waals surface area (Å²) in [5.41, 5.74) is 0. The number of carbonyl (C=O) groups is 1. The lowest BCUT2D eigenvalue weighted by atomic mass is 10.3. The highest BCUT2D eigenvalue weighted by molar-refractivity contribution is 5.83. The van der Waals surface area contributed by atoms with Gasteiger partial charge in [-0.25, -0.2) is 0 Å². The summed E-state index contributed by atoms with van der Waals surface area (Å²) in [4.78, 5) is 17.1. The predicted molar refractivity (Wildman–Crippen MR) is 63.7 cm³/mol. The lowest BCUT2D eigenvalue weighted by Crippen LogP contribution is -2.31. The van der Waals surface area contributed by atoms with Crippen LogP contribution in [-0.2, 0) is 14.3 Å². The zero-order valence-electron chi connectivity index (χ0n) is 10.7. The van der Waals surface area contributed by atoms with E-state index in [0.29, 0.717) is 19.6 Å². The smallest absolute Gasteiger partial charge is 0.305 e. The monoisotopic (exact) mass is 230 g/mol. The van der Waals surface area contributed by atoms with Crippen molar-refractivity contribution >= 4 is 11.8 Å². The topological polar surface area (TPSA) is 51.1 Å². The van der Waals surface area contributed by atoms with Gasteiger partial charge < -0.3 is 14.4 Å². The Hall–Kier alpha value is -1.10. The second-order valence-corrected chi connectivity index (χ2v) is 3.38. The van der Waals surface area contributed by atoms with Gasteiger partial charge in [0.25, 0.3) is 0 Å². The summed E-state index contributed by atoms with van der Waals surface area (Å²) < 4.78 is 9.86. The number of amidine groups is 1. The summed E-state index contributed by atoms with van der Waals surface area (Å²) >= 11 is 0. The molecule has 0 saturated heterocycles. The molecule has 5 heteroatoms. The maximum Gasteiger partial charge on any atom is 0.305 e. The van der Waals surface area contributed by atoms with E-state index in [4.69, 9.17) is 4.74 Å². The molecule has 0 bridgehead atoms. The molecule has 0 unspecified atom stereocenters. The van der Waals surface area contributed by atoms with E-state index >= 15 is 0 Å². The molecule has 0 amide bonds. The van der Waals surface area contributed by atoms with Crippen LogP contribution in [0.15, 0.2) is 4.99 Å². The Morgan fingerprint density at radius 3 is 2.62 bits per heavy atom. The minimum Gasteiger partial charge on any atom is -0.469 e. The molecule has 0 heterocycles. The van der Waals surface area contributed by atoms with Gasteiger partial charge in [-0.15, -0.1) is 0 Å². The maximum absolute atomic E-state index is 10.9. The third-order valence-electron chi connectivity index (χ3n) is 2.24. The Bertz CT molecular complexity index is 229. The van der Waals surface area contributed by atoms with Crippen molar-refractivity contribution in [2.75, 3.05) is 41.0 Å². The van der Waals surface area contributed by atoms with Crippen LogP contribution >= 0.6 is 0 Å². The molecule has 0 aliphatic carbocycles. The first-order valence-corrected chi connectivity index (χ1v) is 5.47. The van der Waals surface area contributed by atoms with Crippen molar-refractivity contribution in [2.45, 2.75) is 19.8 Å². The second-order valence-electron chi connectivity index (χ2n) is 3.38. The minimum atomic E-state index is -0.173. The number of esters is 1. The van der Waals surface area contributed by atoms with Gasteiger partial charge in [0.15, 0.2) is 0 Å². The van der Waals surface area contributed by atoms with Crippen LogP contribution in [0.1, 0.15) is 19.8 Å². The number of methoxy groups -OCH3 is 1. The van der Waals surface area contributed by atoms with E-state index in [0.717, 1.165) is 18.8 Å². The van der Waals surface area contributed by atoms with Crippen molar-refractivity contribution in [3.63, 3.8) is 0 Å². The van der Waals surface area contributed by atoms with Crippen LogP contribution < -0.4 is 0 Å². The van der Waals surface area contributed by atoms with Crippen molar-refractivity contribution < 1.29 is 14.3 Å². The predicted octanol–water partition coefficient (Wildman–Crippen LogP) is 0.936. The van der Waals surface area contributed by atoms with E-state index in [-0.39, 0.29) is 5.97 Å². The van der Waals surface area contributed by atoms with Gasteiger partial charge in [0.2, 0.25) is 0 Å². The van der Waals surface area contributed by atoms with Crippen LogP contribution in [0.5, 0.6) is 0 Å². The summed E-state index contributed by atoms with van der Waals surface area (Å²) in [6.45, 7) is 3.91. The Kier molecular flexibility index (Phi) is 8.52. The Labute approximate surface area is 97.4 Å². The molecule has 0 aromatic heterocycles. The number of hydrogen-bond acceptors (Lipinski definition) is 4. The number of aliphatic imine (C=N–C) groups is 1. The first kappa shape index (κ1) is 14.9. The summed E-state index contributed by atoms with van der Waals surface area (Å²) in [6.07, 6.45) is 1.20. The molecule has 0 aromatic carbocycles. The molecular weight excluding hydrogens is 208 g/mol. The standard InChI is InChI=1S/C11H22N2O3/c1-5-16-9-10(12-2)13(3)8-6-7-11(14)15-4/h5-9H2,1-4H3. The molecule has 0 aliphatic rings. The average Bonchev–Trinajstić information content (AvgIpc) is 2.29. The van der Waals surface area contributed by atoms with E-state index in [9.17, 15) is 4.79 Å². The fourth-order valence-corrected chi connectivity index (χ4v) is 1.23. The van der Waals surface area contributed by atoms with Crippen LogP contribution in [-0.4, -0.2) is 57.7 Å². The van der Waals surface area contributed by atoms with Crippen LogP contribution in [0.4, 0.5) is 0 Å². The molecular formula is C11H22N2O3. The number of likely N-dealkylation sites (N-methyl/N-ethyl adjacent to an activating group) is 1. The summed E-state index contributed by atoms with van der Waals surface area (Å²) in [5.74, 6) is 0.722. The first-order valence-electron chi connectivity index (χ1n) is 5.47. The molecule has 0 rings (SSSR count). The summed E-state index contributed by atoms with van der Waals surface area (Å²) in [5, 5.41) is 0. The molecule has 0 spiro atoms. The van der Waals surface area contributed by atoms with E-state index < -0.39 is 0 Å². The van der Waals surface area contributed by atoms with Crippen LogP contribution in [0.2, 0.25) is 0 Å². The van der Waals surface area contributed by atoms with Gasteiger partial charge in [0.05, 0.1) is 7.11 Å². The van der Waals surface area contributed by atoms with Crippen molar-refractivity contribution in [1.82, 2.24) is 4.90 Å². The second kappa shape index (κ2) is 9.15. The number of rotatable bonds is 7. The molecule has 0 N–H and O–H groups in total. The van der Waals surface area contributed by atoms with E-state index in [1.54, 1.807) is 7.05 Å². The van der Waals surface area contributed by atoms with Crippen LogP contribution in [0.25, 0.3) is 0 Å². The van der Waals surface area contributed by atoms with Crippen LogP contribution in [0, 0.1) is 0 Å². The molecule has 5 nitrogen and oxygen atoms in total. The number of hydrogen-bond donors (Lipinski definition) is 0. The van der Waals surface area contributed by atoms with Crippen molar-refractivity contribution in [1.29, 1.82) is 0 Å². The average molecular weight is 230 g/mol. The molecule has 0 radical (unpaired) electrons. The third kappa shape index (κ3) is 6.40.